The summed E-state index contributed by atoms with van der Waals surface area (Å²) in [5, 5.41) is 6.98. The predicted molar refractivity (Wildman–Crippen MR) is 56.3 cm³/mol. The lowest BCUT2D eigenvalue weighted by Crippen LogP contribution is -2.06. The summed E-state index contributed by atoms with van der Waals surface area (Å²) in [5.41, 5.74) is 0.638. The largest absolute Gasteiger partial charge is 0.244 e. The summed E-state index contributed by atoms with van der Waals surface area (Å²) in [6, 6.07) is 4.83. The molecule has 0 radical (unpaired) electrons. The SMILES string of the molecule is Cc1nonc1CS(=O)(=O)c1cccc(F)c1. The molecule has 0 fully saturated rings. The van der Waals surface area contributed by atoms with E-state index in [4.69, 9.17) is 0 Å². The minimum Gasteiger partial charge on any atom is -0.244 e. The van der Waals surface area contributed by atoms with E-state index in [0.29, 0.717) is 5.69 Å². The zero-order chi connectivity index (χ0) is 12.5. The van der Waals surface area contributed by atoms with Gasteiger partial charge in [0.25, 0.3) is 0 Å². The molecule has 0 saturated heterocycles. The van der Waals surface area contributed by atoms with E-state index in [1.54, 1.807) is 6.92 Å². The third-order valence-electron chi connectivity index (χ3n) is 2.23. The normalized spacial score (nSPS) is 11.6. The van der Waals surface area contributed by atoms with E-state index in [-0.39, 0.29) is 16.3 Å². The zero-order valence-electron chi connectivity index (χ0n) is 8.92. The third-order valence-corrected chi connectivity index (χ3v) is 3.85. The van der Waals surface area contributed by atoms with E-state index in [0.717, 1.165) is 6.07 Å². The van der Waals surface area contributed by atoms with Gasteiger partial charge in [-0.3, -0.25) is 0 Å². The number of benzene rings is 1. The van der Waals surface area contributed by atoms with E-state index >= 15 is 0 Å². The summed E-state index contributed by atoms with van der Waals surface area (Å²) >= 11 is 0. The molecule has 0 unspecified atom stereocenters. The Morgan fingerprint density at radius 1 is 1.35 bits per heavy atom. The number of aryl methyl sites for hydroxylation is 1. The summed E-state index contributed by atoms with van der Waals surface area (Å²) in [6.07, 6.45) is 0. The van der Waals surface area contributed by atoms with Gasteiger partial charge in [0.15, 0.2) is 9.84 Å². The van der Waals surface area contributed by atoms with Crippen molar-refractivity contribution in [1.82, 2.24) is 10.3 Å². The molecule has 0 bridgehead atoms. The molecule has 0 spiro atoms. The Kier molecular flexibility index (Phi) is 2.93. The molecule has 90 valence electrons. The first-order chi connectivity index (χ1) is 7.99. The summed E-state index contributed by atoms with van der Waals surface area (Å²) in [5.74, 6) is -0.952. The lowest BCUT2D eigenvalue weighted by atomic mass is 10.3. The quantitative estimate of drug-likeness (QED) is 0.831. The number of hydrogen-bond acceptors (Lipinski definition) is 5. The first-order valence-corrected chi connectivity index (χ1v) is 6.40. The van der Waals surface area contributed by atoms with Crippen LogP contribution in [0.15, 0.2) is 33.8 Å². The van der Waals surface area contributed by atoms with Crippen molar-refractivity contribution in [2.75, 3.05) is 0 Å². The number of halogens is 1. The molecule has 0 aliphatic heterocycles. The molecule has 7 heteroatoms. The van der Waals surface area contributed by atoms with Crippen LogP contribution in [-0.2, 0) is 15.6 Å². The van der Waals surface area contributed by atoms with Crippen LogP contribution >= 0.6 is 0 Å². The van der Waals surface area contributed by atoms with Gasteiger partial charge in [0.05, 0.1) is 4.90 Å². The van der Waals surface area contributed by atoms with Crippen LogP contribution in [0.1, 0.15) is 11.4 Å². The van der Waals surface area contributed by atoms with Gasteiger partial charge in [-0.25, -0.2) is 17.4 Å². The molecule has 0 amide bonds. The van der Waals surface area contributed by atoms with Crippen molar-refractivity contribution in [3.63, 3.8) is 0 Å². The van der Waals surface area contributed by atoms with Crippen LogP contribution in [0, 0.1) is 12.7 Å². The van der Waals surface area contributed by atoms with Crippen LogP contribution < -0.4 is 0 Å². The van der Waals surface area contributed by atoms with Crippen LogP contribution in [0.25, 0.3) is 0 Å². The molecule has 5 nitrogen and oxygen atoms in total. The van der Waals surface area contributed by atoms with Gasteiger partial charge in [-0.2, -0.15) is 0 Å². The van der Waals surface area contributed by atoms with Crippen molar-refractivity contribution < 1.29 is 17.4 Å². The van der Waals surface area contributed by atoms with Crippen molar-refractivity contribution in [3.05, 3.63) is 41.5 Å². The Bertz CT molecular complexity index is 637. The molecule has 0 saturated carbocycles. The molecule has 2 aromatic rings. The Hall–Kier alpha value is -1.76. The van der Waals surface area contributed by atoms with Gasteiger partial charge in [0, 0.05) is 0 Å². The van der Waals surface area contributed by atoms with Crippen molar-refractivity contribution >= 4 is 9.84 Å². The van der Waals surface area contributed by atoms with E-state index in [9.17, 15) is 12.8 Å². The number of nitrogens with zero attached hydrogens (tertiary/aromatic N) is 2. The molecule has 0 atom stereocenters. The summed E-state index contributed by atoms with van der Waals surface area (Å²) < 4.78 is 41.2. The molecule has 1 aromatic carbocycles. The highest BCUT2D eigenvalue weighted by Crippen LogP contribution is 2.17. The van der Waals surface area contributed by atoms with Gasteiger partial charge in [-0.05, 0) is 25.1 Å². The molecule has 0 aliphatic carbocycles. The van der Waals surface area contributed by atoms with Crippen molar-refractivity contribution in [2.45, 2.75) is 17.6 Å². The van der Waals surface area contributed by atoms with Crippen LogP contribution in [0.2, 0.25) is 0 Å². The summed E-state index contributed by atoms with van der Waals surface area (Å²) in [6.45, 7) is 1.59. The number of sulfone groups is 1. The van der Waals surface area contributed by atoms with Gasteiger partial charge in [0.1, 0.15) is 23.0 Å². The highest BCUT2D eigenvalue weighted by atomic mass is 32.2. The van der Waals surface area contributed by atoms with E-state index in [1.807, 2.05) is 0 Å². The van der Waals surface area contributed by atoms with Crippen molar-refractivity contribution in [1.29, 1.82) is 0 Å². The lowest BCUT2D eigenvalue weighted by Gasteiger charge is -2.02. The van der Waals surface area contributed by atoms with Gasteiger partial charge in [0.2, 0.25) is 0 Å². The Balaban J connectivity index is 2.35. The van der Waals surface area contributed by atoms with Gasteiger partial charge in [-0.1, -0.05) is 16.4 Å². The minimum atomic E-state index is -3.63. The van der Waals surface area contributed by atoms with Crippen molar-refractivity contribution in [2.24, 2.45) is 0 Å². The Labute approximate surface area is 97.1 Å². The van der Waals surface area contributed by atoms with Crippen LogP contribution in [-0.4, -0.2) is 18.7 Å². The van der Waals surface area contributed by atoms with Gasteiger partial charge in [-0.15, -0.1) is 0 Å². The average Bonchev–Trinajstić information content (AvgIpc) is 2.64. The predicted octanol–water partition coefficient (Wildman–Crippen LogP) is 1.49. The fourth-order valence-electron chi connectivity index (χ4n) is 1.30. The molecule has 1 aromatic heterocycles. The highest BCUT2D eigenvalue weighted by Gasteiger charge is 2.19. The first-order valence-electron chi connectivity index (χ1n) is 4.75. The molecule has 0 N–H and O–H groups in total. The van der Waals surface area contributed by atoms with Crippen LogP contribution in [0.3, 0.4) is 0 Å². The first kappa shape index (κ1) is 11.7. The van der Waals surface area contributed by atoms with E-state index in [2.05, 4.69) is 14.9 Å². The summed E-state index contributed by atoms with van der Waals surface area (Å²) in [4.78, 5) is -0.0834. The smallest absolute Gasteiger partial charge is 0.184 e. The standard InChI is InChI=1S/C10H9FN2O3S/c1-7-10(13-16-12-7)6-17(14,15)9-4-2-3-8(11)5-9/h2-5H,6H2,1H3. The maximum absolute atomic E-state index is 12.9. The Morgan fingerprint density at radius 2 is 2.12 bits per heavy atom. The molecular weight excluding hydrogens is 247 g/mol. The van der Waals surface area contributed by atoms with Gasteiger partial charge >= 0.3 is 0 Å². The fourth-order valence-corrected chi connectivity index (χ4v) is 2.67. The third kappa shape index (κ3) is 2.50. The molecule has 2 rings (SSSR count). The second-order valence-electron chi connectivity index (χ2n) is 3.51. The molecule has 0 aliphatic rings. The minimum absolute atomic E-state index is 0.0834. The maximum Gasteiger partial charge on any atom is 0.184 e. The fraction of sp³-hybridized carbons (Fsp3) is 0.200. The Morgan fingerprint density at radius 3 is 2.71 bits per heavy atom. The molecular formula is C10H9FN2O3S. The molecule has 1 heterocycles. The van der Waals surface area contributed by atoms with Gasteiger partial charge < -0.3 is 0 Å². The monoisotopic (exact) mass is 256 g/mol. The second-order valence-corrected chi connectivity index (χ2v) is 5.50. The van der Waals surface area contributed by atoms with E-state index in [1.165, 1.54) is 18.2 Å². The number of rotatable bonds is 3. The van der Waals surface area contributed by atoms with Crippen LogP contribution in [0.4, 0.5) is 4.39 Å². The maximum atomic E-state index is 12.9. The average molecular weight is 256 g/mol. The zero-order valence-corrected chi connectivity index (χ0v) is 9.74. The van der Waals surface area contributed by atoms with Crippen LogP contribution in [0.5, 0.6) is 0 Å². The summed E-state index contributed by atoms with van der Waals surface area (Å²) in [7, 11) is -3.63. The van der Waals surface area contributed by atoms with Crippen molar-refractivity contribution in [3.8, 4) is 0 Å². The lowest BCUT2D eigenvalue weighted by molar-refractivity contribution is 0.302. The topological polar surface area (TPSA) is 73.1 Å². The number of hydrogen-bond donors (Lipinski definition) is 0. The number of aromatic nitrogens is 2. The molecule has 17 heavy (non-hydrogen) atoms. The highest BCUT2D eigenvalue weighted by molar-refractivity contribution is 7.90. The second kappa shape index (κ2) is 4.25. The van der Waals surface area contributed by atoms with E-state index < -0.39 is 15.7 Å².